The molecule has 12 heteroatoms. The number of methoxy groups -OCH3 is 2. The Bertz CT molecular complexity index is 1120. The van der Waals surface area contributed by atoms with Gasteiger partial charge in [-0.15, -0.1) is 0 Å². The molecule has 3 aliphatic carbocycles. The first-order valence-electron chi connectivity index (χ1n) is 11.5. The Hall–Kier alpha value is -3.38. The lowest BCUT2D eigenvalue weighted by Crippen LogP contribution is -2.53. The van der Waals surface area contributed by atoms with Crippen molar-refractivity contribution in [3.8, 4) is 0 Å². The number of rotatable bonds is 8. The minimum atomic E-state index is -0.951. The maximum absolute atomic E-state index is 13.2. The van der Waals surface area contributed by atoms with E-state index in [4.69, 9.17) is 18.9 Å². The smallest absolute Gasteiger partial charge is 0.338 e. The van der Waals surface area contributed by atoms with E-state index in [9.17, 15) is 29.8 Å². The topological polar surface area (TPSA) is 157 Å². The van der Waals surface area contributed by atoms with Crippen molar-refractivity contribution in [3.05, 3.63) is 55.6 Å². The summed E-state index contributed by atoms with van der Waals surface area (Å²) in [5.41, 5.74) is -1.80. The monoisotopic (exact) mass is 504 g/mol. The third-order valence-corrected chi connectivity index (χ3v) is 8.15. The van der Waals surface area contributed by atoms with Crippen molar-refractivity contribution in [1.82, 2.24) is 0 Å². The minimum Gasteiger partial charge on any atom is -0.469 e. The average Bonchev–Trinajstić information content (AvgIpc) is 3.48. The summed E-state index contributed by atoms with van der Waals surface area (Å²) in [7, 11) is 2.82. The number of hydrogen-bond donors (Lipinski definition) is 0. The second kappa shape index (κ2) is 9.25. The minimum absolute atomic E-state index is 0.00959. The van der Waals surface area contributed by atoms with E-state index in [1.54, 1.807) is 0 Å². The van der Waals surface area contributed by atoms with Gasteiger partial charge in [0.15, 0.2) is 0 Å². The summed E-state index contributed by atoms with van der Waals surface area (Å²) in [6.45, 7) is 3.96. The zero-order valence-corrected chi connectivity index (χ0v) is 20.4. The summed E-state index contributed by atoms with van der Waals surface area (Å²) in [4.78, 5) is 47.1. The molecule has 2 saturated carbocycles. The Morgan fingerprint density at radius 3 is 2.31 bits per heavy atom. The number of fused-ring (bicyclic) bond motifs is 3. The first kappa shape index (κ1) is 25.7. The van der Waals surface area contributed by atoms with Gasteiger partial charge in [-0.25, -0.2) is 4.79 Å². The van der Waals surface area contributed by atoms with E-state index in [1.165, 1.54) is 14.2 Å². The van der Waals surface area contributed by atoms with Crippen molar-refractivity contribution in [1.29, 1.82) is 0 Å². The van der Waals surface area contributed by atoms with Crippen LogP contribution in [-0.2, 0) is 23.7 Å². The Morgan fingerprint density at radius 2 is 1.75 bits per heavy atom. The molecule has 0 aromatic heterocycles. The number of ether oxygens (including phenoxy) is 4. The molecular weight excluding hydrogens is 476 g/mol. The normalized spacial score (nSPS) is 32.4. The largest absolute Gasteiger partial charge is 0.469 e. The first-order chi connectivity index (χ1) is 17.0. The molecular formula is C24H28N2O10. The third-order valence-electron chi connectivity index (χ3n) is 8.15. The summed E-state index contributed by atoms with van der Waals surface area (Å²) in [6, 6.07) is 2.66. The molecule has 3 aliphatic rings. The lowest BCUT2D eigenvalue weighted by Gasteiger charge is -2.49. The van der Waals surface area contributed by atoms with Gasteiger partial charge in [0.1, 0.15) is 12.9 Å². The Labute approximate surface area is 206 Å². The van der Waals surface area contributed by atoms with Crippen LogP contribution in [0.3, 0.4) is 0 Å². The molecule has 4 rings (SSSR count). The standard InChI is InChI=1S/C24H28N2O10/c1-13-5-6-17-19(20(13)35-12-33-3)18(10-24(22(28)34-4)11-23(17,24)2)36-21(27)14-7-15(25(29)30)9-16(8-14)26(31)32/h5,7-9,17-20H,6,10-12H2,1-4H3/t17-,18+,19-,20+,23+,24+/m1/s1. The van der Waals surface area contributed by atoms with Crippen LogP contribution in [0.25, 0.3) is 0 Å². The fraction of sp³-hybridized carbons (Fsp3) is 0.583. The summed E-state index contributed by atoms with van der Waals surface area (Å²) in [5, 5.41) is 22.6. The number of esters is 2. The van der Waals surface area contributed by atoms with Gasteiger partial charge in [0.05, 0.1) is 40.1 Å². The van der Waals surface area contributed by atoms with Crippen LogP contribution in [-0.4, -0.2) is 55.0 Å². The van der Waals surface area contributed by atoms with E-state index >= 15 is 0 Å². The van der Waals surface area contributed by atoms with Crippen LogP contribution in [0.5, 0.6) is 0 Å². The molecule has 0 saturated heterocycles. The van der Waals surface area contributed by atoms with Gasteiger partial charge in [0.2, 0.25) is 0 Å². The quantitative estimate of drug-likeness (QED) is 0.168. The number of nitro benzene ring substituents is 2. The van der Waals surface area contributed by atoms with Gasteiger partial charge in [-0.2, -0.15) is 0 Å². The zero-order chi connectivity index (χ0) is 26.4. The molecule has 0 bridgehead atoms. The predicted molar refractivity (Wildman–Crippen MR) is 123 cm³/mol. The van der Waals surface area contributed by atoms with E-state index < -0.39 is 44.8 Å². The SMILES string of the molecule is COCO[C@H]1C(C)=CC[C@@H]2[C@@H]1[C@@H](OC(=O)c1cc([N+](=O)[O-])cc([N+](=O)[O-])c1)C[C@@]1(C(=O)OC)C[C@@]21C. The van der Waals surface area contributed by atoms with Gasteiger partial charge in [0.25, 0.3) is 11.4 Å². The van der Waals surface area contributed by atoms with Gasteiger partial charge in [-0.05, 0) is 36.7 Å². The first-order valence-corrected chi connectivity index (χ1v) is 11.5. The molecule has 0 aliphatic heterocycles. The van der Waals surface area contributed by atoms with Crippen molar-refractivity contribution in [2.75, 3.05) is 21.0 Å². The average molecular weight is 504 g/mol. The van der Waals surface area contributed by atoms with Crippen LogP contribution in [0.15, 0.2) is 29.8 Å². The predicted octanol–water partition coefficient (Wildman–Crippen LogP) is 3.57. The van der Waals surface area contributed by atoms with Gasteiger partial charge >= 0.3 is 11.9 Å². The molecule has 6 atom stereocenters. The highest BCUT2D eigenvalue weighted by molar-refractivity contribution is 5.91. The van der Waals surface area contributed by atoms with Gasteiger partial charge in [0, 0.05) is 31.6 Å². The van der Waals surface area contributed by atoms with Gasteiger partial charge < -0.3 is 18.9 Å². The molecule has 0 spiro atoms. The zero-order valence-electron chi connectivity index (χ0n) is 20.4. The Kier molecular flexibility index (Phi) is 6.60. The number of benzene rings is 1. The van der Waals surface area contributed by atoms with E-state index in [0.717, 1.165) is 23.8 Å². The highest BCUT2D eigenvalue weighted by atomic mass is 16.7. The maximum atomic E-state index is 13.2. The molecule has 0 amide bonds. The molecule has 1 aromatic rings. The fourth-order valence-electron chi connectivity index (χ4n) is 6.31. The van der Waals surface area contributed by atoms with Crippen molar-refractivity contribution in [2.24, 2.45) is 22.7 Å². The highest BCUT2D eigenvalue weighted by Gasteiger charge is 2.78. The van der Waals surface area contributed by atoms with E-state index in [1.807, 2.05) is 13.8 Å². The van der Waals surface area contributed by atoms with E-state index in [0.29, 0.717) is 12.8 Å². The van der Waals surface area contributed by atoms with E-state index in [2.05, 4.69) is 6.08 Å². The molecule has 0 heterocycles. The number of nitrogens with zero attached hydrogens (tertiary/aromatic N) is 2. The second-order valence-electron chi connectivity index (χ2n) is 9.93. The lowest BCUT2D eigenvalue weighted by atomic mass is 9.60. The van der Waals surface area contributed by atoms with Crippen molar-refractivity contribution in [2.45, 2.75) is 45.3 Å². The number of carbonyl (C=O) groups is 2. The second-order valence-corrected chi connectivity index (χ2v) is 9.93. The summed E-state index contributed by atoms with van der Waals surface area (Å²) >= 11 is 0. The molecule has 1 aromatic carbocycles. The maximum Gasteiger partial charge on any atom is 0.338 e. The van der Waals surface area contributed by atoms with Crippen LogP contribution < -0.4 is 0 Å². The molecule has 194 valence electrons. The lowest BCUT2D eigenvalue weighted by molar-refractivity contribution is -0.394. The fourth-order valence-corrected chi connectivity index (χ4v) is 6.31. The molecule has 0 unspecified atom stereocenters. The number of nitro groups is 2. The Morgan fingerprint density at radius 1 is 1.11 bits per heavy atom. The van der Waals surface area contributed by atoms with Gasteiger partial charge in [-0.3, -0.25) is 25.0 Å². The van der Waals surface area contributed by atoms with Crippen molar-refractivity contribution < 1.29 is 38.4 Å². The van der Waals surface area contributed by atoms with Crippen LogP contribution >= 0.6 is 0 Å². The Balaban J connectivity index is 1.72. The highest BCUT2D eigenvalue weighted by Crippen LogP contribution is 2.76. The van der Waals surface area contributed by atoms with E-state index in [-0.39, 0.29) is 42.0 Å². The summed E-state index contributed by atoms with van der Waals surface area (Å²) in [6.07, 6.45) is 2.19. The number of carbonyl (C=O) groups excluding carboxylic acids is 2. The third kappa shape index (κ3) is 4.03. The summed E-state index contributed by atoms with van der Waals surface area (Å²) < 4.78 is 22.1. The molecule has 36 heavy (non-hydrogen) atoms. The molecule has 12 nitrogen and oxygen atoms in total. The van der Waals surface area contributed by atoms with Crippen LogP contribution in [0.1, 0.15) is 43.5 Å². The molecule has 0 N–H and O–H groups in total. The van der Waals surface area contributed by atoms with Crippen LogP contribution in [0, 0.1) is 42.9 Å². The van der Waals surface area contributed by atoms with Crippen molar-refractivity contribution in [3.63, 3.8) is 0 Å². The number of allylic oxidation sites excluding steroid dienone is 1. The van der Waals surface area contributed by atoms with Crippen LogP contribution in [0.4, 0.5) is 11.4 Å². The van der Waals surface area contributed by atoms with Crippen molar-refractivity contribution >= 4 is 23.3 Å². The summed E-state index contributed by atoms with van der Waals surface area (Å²) in [5.74, 6) is -1.73. The number of non-ortho nitro benzene ring substituents is 2. The molecule has 0 radical (unpaired) electrons. The molecule has 2 fully saturated rings. The van der Waals surface area contributed by atoms with Crippen LogP contribution in [0.2, 0.25) is 0 Å². The van der Waals surface area contributed by atoms with Gasteiger partial charge in [-0.1, -0.05) is 13.0 Å². The number of hydrogen-bond acceptors (Lipinski definition) is 10.